The first kappa shape index (κ1) is 27.3. The molecule has 0 radical (unpaired) electrons. The van der Waals surface area contributed by atoms with E-state index in [9.17, 15) is 4.79 Å². The van der Waals surface area contributed by atoms with E-state index in [2.05, 4.69) is 49.7 Å². The number of hydrogen-bond donors (Lipinski definition) is 0. The topological polar surface area (TPSA) is 17.1 Å². The second-order valence-corrected chi connectivity index (χ2v) is 15.2. The first-order valence-electron chi connectivity index (χ1n) is 14.9. The average Bonchev–Trinajstić information content (AvgIpc) is 3.17. The van der Waals surface area contributed by atoms with Crippen LogP contribution in [-0.2, 0) is 4.79 Å². The summed E-state index contributed by atoms with van der Waals surface area (Å²) in [5.41, 5.74) is 2.73. The molecule has 0 spiro atoms. The van der Waals surface area contributed by atoms with Crippen molar-refractivity contribution in [2.45, 2.75) is 141 Å². The van der Waals surface area contributed by atoms with Crippen LogP contribution < -0.4 is 0 Å². The van der Waals surface area contributed by atoms with Crippen molar-refractivity contribution in [1.29, 1.82) is 0 Å². The van der Waals surface area contributed by atoms with Gasteiger partial charge in [-0.15, -0.1) is 0 Å². The van der Waals surface area contributed by atoms with Gasteiger partial charge in [-0.1, -0.05) is 106 Å². The monoisotopic (exact) mass is 550 g/mol. The third-order valence-corrected chi connectivity index (χ3v) is 13.7. The van der Waals surface area contributed by atoms with E-state index in [1.54, 1.807) is 17.3 Å². The van der Waals surface area contributed by atoms with Gasteiger partial charge in [0.15, 0.2) is 0 Å². The predicted molar refractivity (Wildman–Crippen MR) is 153 cm³/mol. The molecule has 4 rings (SSSR count). The minimum atomic E-state index is 0.0261. The van der Waals surface area contributed by atoms with Crippen molar-refractivity contribution in [3.8, 4) is 0 Å². The van der Waals surface area contributed by atoms with Crippen LogP contribution in [0.3, 0.4) is 0 Å². The number of allylic oxidation sites excluding steroid dienone is 2. The SMILES string of the molecule is CCCCCCCC[C@@H]1CC[C@@H]2[C@@H]3CC=C4C[C@@H](SC(=O)[C@@H](Br)CC)CC[C@]4(C)[C@@H]3CC[C@]12C. The summed E-state index contributed by atoms with van der Waals surface area (Å²) in [5.74, 6) is 3.74. The summed E-state index contributed by atoms with van der Waals surface area (Å²) in [6.45, 7) is 9.73. The van der Waals surface area contributed by atoms with Crippen molar-refractivity contribution in [3.05, 3.63) is 11.6 Å². The Morgan fingerprint density at radius 3 is 2.56 bits per heavy atom. The normalized spacial score (nSPS) is 40.1. The molecular formula is C31H51BrOS. The zero-order valence-electron chi connectivity index (χ0n) is 22.5. The van der Waals surface area contributed by atoms with Crippen LogP contribution in [0.4, 0.5) is 0 Å². The summed E-state index contributed by atoms with van der Waals surface area (Å²) in [4.78, 5) is 12.6. The Kier molecular flexibility index (Phi) is 9.42. The van der Waals surface area contributed by atoms with E-state index in [0.29, 0.717) is 21.2 Å². The van der Waals surface area contributed by atoms with Gasteiger partial charge in [-0.3, -0.25) is 4.79 Å². The average molecular weight is 552 g/mol. The molecule has 194 valence electrons. The first-order valence-corrected chi connectivity index (χ1v) is 16.7. The number of hydrogen-bond acceptors (Lipinski definition) is 2. The highest BCUT2D eigenvalue weighted by Crippen LogP contribution is 2.67. The van der Waals surface area contributed by atoms with Crippen molar-refractivity contribution in [2.24, 2.45) is 34.5 Å². The van der Waals surface area contributed by atoms with Gasteiger partial charge in [-0.05, 0) is 98.7 Å². The van der Waals surface area contributed by atoms with Crippen molar-refractivity contribution < 1.29 is 4.79 Å². The van der Waals surface area contributed by atoms with Crippen molar-refractivity contribution >= 4 is 32.8 Å². The van der Waals surface area contributed by atoms with E-state index in [-0.39, 0.29) is 4.83 Å². The van der Waals surface area contributed by atoms with Gasteiger partial charge in [0.25, 0.3) is 0 Å². The Bertz CT molecular complexity index is 733. The lowest BCUT2D eigenvalue weighted by molar-refractivity contribution is -0.110. The maximum Gasteiger partial charge on any atom is 0.202 e. The number of carbonyl (C=O) groups excluding carboxylic acids is 1. The smallest absolute Gasteiger partial charge is 0.202 e. The highest BCUT2D eigenvalue weighted by atomic mass is 79.9. The summed E-state index contributed by atoms with van der Waals surface area (Å²) < 4.78 is 0. The molecule has 4 aliphatic rings. The van der Waals surface area contributed by atoms with Gasteiger partial charge >= 0.3 is 0 Å². The predicted octanol–water partition coefficient (Wildman–Crippen LogP) is 10.1. The summed E-state index contributed by atoms with van der Waals surface area (Å²) in [6.07, 6.45) is 24.6. The quantitative estimate of drug-likeness (QED) is 0.153. The molecule has 0 amide bonds. The van der Waals surface area contributed by atoms with Crippen LogP contribution in [0.15, 0.2) is 11.6 Å². The van der Waals surface area contributed by atoms with E-state index in [4.69, 9.17) is 0 Å². The maximum absolute atomic E-state index is 12.5. The molecule has 3 fully saturated rings. The third kappa shape index (κ3) is 5.41. The molecule has 0 aromatic carbocycles. The fourth-order valence-corrected chi connectivity index (χ4v) is 10.4. The number of carbonyl (C=O) groups is 1. The van der Waals surface area contributed by atoms with Gasteiger partial charge in [0, 0.05) is 5.25 Å². The van der Waals surface area contributed by atoms with Crippen LogP contribution in [0.1, 0.15) is 130 Å². The molecule has 1 nitrogen and oxygen atoms in total. The first-order chi connectivity index (χ1) is 16.3. The van der Waals surface area contributed by atoms with Crippen molar-refractivity contribution in [1.82, 2.24) is 0 Å². The van der Waals surface area contributed by atoms with Crippen LogP contribution in [0.25, 0.3) is 0 Å². The van der Waals surface area contributed by atoms with Gasteiger partial charge in [-0.2, -0.15) is 0 Å². The zero-order valence-corrected chi connectivity index (χ0v) is 25.0. The van der Waals surface area contributed by atoms with E-state index in [1.165, 1.54) is 89.9 Å². The maximum atomic E-state index is 12.5. The molecule has 0 aromatic rings. The molecule has 3 saturated carbocycles. The molecule has 34 heavy (non-hydrogen) atoms. The van der Waals surface area contributed by atoms with Crippen LogP contribution in [0.5, 0.6) is 0 Å². The molecule has 8 atom stereocenters. The minimum Gasteiger partial charge on any atom is -0.286 e. The Morgan fingerprint density at radius 1 is 1.03 bits per heavy atom. The Balaban J connectivity index is 1.37. The standard InChI is InChI=1S/C31H51BrOS/c1-5-7-8-9-10-11-12-22-14-16-26-25-15-13-23-21-24(34-29(33)28(32)6-2)17-19-31(23,4)27(25)18-20-30(22,26)3/h13,22,24-28H,5-12,14-21H2,1-4H3/t22-,24+,25+,26-,27-,28+,30-,31+/m1/s1. The van der Waals surface area contributed by atoms with Gasteiger partial charge < -0.3 is 0 Å². The Labute approximate surface area is 223 Å². The van der Waals surface area contributed by atoms with Gasteiger partial charge in [0.05, 0.1) is 4.83 Å². The minimum absolute atomic E-state index is 0.0261. The van der Waals surface area contributed by atoms with E-state index >= 15 is 0 Å². The molecule has 0 unspecified atom stereocenters. The van der Waals surface area contributed by atoms with E-state index < -0.39 is 0 Å². The summed E-state index contributed by atoms with van der Waals surface area (Å²) >= 11 is 5.21. The number of unbranched alkanes of at least 4 members (excludes halogenated alkanes) is 5. The second kappa shape index (κ2) is 11.7. The Morgan fingerprint density at radius 2 is 1.79 bits per heavy atom. The molecule has 0 aromatic heterocycles. The molecule has 3 heteroatoms. The second-order valence-electron chi connectivity index (χ2n) is 12.8. The lowest BCUT2D eigenvalue weighted by atomic mass is 9.47. The third-order valence-electron chi connectivity index (χ3n) is 11.1. The Hall–Kier alpha value is 0.240. The van der Waals surface area contributed by atoms with Crippen molar-refractivity contribution in [2.75, 3.05) is 0 Å². The largest absolute Gasteiger partial charge is 0.286 e. The van der Waals surface area contributed by atoms with E-state index in [1.807, 2.05) is 0 Å². The molecule has 0 N–H and O–H groups in total. The number of fused-ring (bicyclic) bond motifs is 5. The van der Waals surface area contributed by atoms with Crippen LogP contribution in [0, 0.1) is 34.5 Å². The highest BCUT2D eigenvalue weighted by Gasteiger charge is 2.58. The molecule has 0 bridgehead atoms. The summed E-state index contributed by atoms with van der Waals surface area (Å²) in [6, 6.07) is 0. The fraction of sp³-hybridized carbons (Fsp3) is 0.903. The van der Waals surface area contributed by atoms with Crippen LogP contribution >= 0.6 is 27.7 Å². The van der Waals surface area contributed by atoms with Gasteiger partial charge in [0.2, 0.25) is 5.12 Å². The lowest BCUT2D eigenvalue weighted by Gasteiger charge is -2.58. The molecule has 0 heterocycles. The number of alkyl halides is 1. The number of rotatable bonds is 10. The number of halogens is 1. The van der Waals surface area contributed by atoms with E-state index in [0.717, 1.165) is 36.5 Å². The molecule has 4 aliphatic carbocycles. The summed E-state index contributed by atoms with van der Waals surface area (Å²) in [7, 11) is 0. The van der Waals surface area contributed by atoms with Gasteiger partial charge in [-0.25, -0.2) is 0 Å². The van der Waals surface area contributed by atoms with Gasteiger partial charge in [0.1, 0.15) is 0 Å². The zero-order chi connectivity index (χ0) is 24.3. The lowest BCUT2D eigenvalue weighted by Crippen LogP contribution is -2.50. The van der Waals surface area contributed by atoms with Crippen molar-refractivity contribution in [3.63, 3.8) is 0 Å². The molecule has 0 aliphatic heterocycles. The fourth-order valence-electron chi connectivity index (χ4n) is 8.89. The molecular weight excluding hydrogens is 500 g/mol. The molecule has 0 saturated heterocycles. The summed E-state index contributed by atoms with van der Waals surface area (Å²) in [5, 5.41) is 0.846. The highest BCUT2D eigenvalue weighted by molar-refractivity contribution is 9.10. The number of thioether (sulfide) groups is 1. The van der Waals surface area contributed by atoms with Crippen LogP contribution in [-0.4, -0.2) is 15.2 Å². The van der Waals surface area contributed by atoms with Crippen LogP contribution in [0.2, 0.25) is 0 Å².